The van der Waals surface area contributed by atoms with Gasteiger partial charge in [-0.3, -0.25) is 9.78 Å². The van der Waals surface area contributed by atoms with E-state index >= 15 is 0 Å². The predicted octanol–water partition coefficient (Wildman–Crippen LogP) is 3.37. The standard InChI is InChI=1S/C20H21N5O.ClH/c26-19(14-12-20(14)6-9-21-10-7-20)23-13-4-5-15-17(11-13)25-18(24-15)16-3-1-2-8-22-16;/h1-5,8,11,14,21H,6-7,9-10,12H2,(H,23,26)(H,24,25);1H. The summed E-state index contributed by atoms with van der Waals surface area (Å²) in [5.74, 6) is 1.04. The summed E-state index contributed by atoms with van der Waals surface area (Å²) in [4.78, 5) is 24.8. The molecule has 3 aromatic rings. The fraction of sp³-hybridized carbons (Fsp3) is 0.350. The van der Waals surface area contributed by atoms with Crippen LogP contribution in [0.4, 0.5) is 5.69 Å². The molecule has 7 heteroatoms. The third kappa shape index (κ3) is 3.31. The maximum absolute atomic E-state index is 12.6. The van der Waals surface area contributed by atoms with Crippen molar-refractivity contribution in [3.63, 3.8) is 0 Å². The average molecular weight is 384 g/mol. The summed E-state index contributed by atoms with van der Waals surface area (Å²) < 4.78 is 0. The molecule has 1 aliphatic heterocycles. The zero-order valence-electron chi connectivity index (χ0n) is 14.9. The lowest BCUT2D eigenvalue weighted by molar-refractivity contribution is -0.118. The first kappa shape index (κ1) is 17.9. The van der Waals surface area contributed by atoms with Crippen LogP contribution in [0.5, 0.6) is 0 Å². The van der Waals surface area contributed by atoms with Gasteiger partial charge in [-0.05, 0) is 68.1 Å². The van der Waals surface area contributed by atoms with Gasteiger partial charge in [0, 0.05) is 17.8 Å². The Bertz CT molecular complexity index is 965. The van der Waals surface area contributed by atoms with Crippen LogP contribution in [0, 0.1) is 11.3 Å². The molecule has 140 valence electrons. The molecule has 1 saturated heterocycles. The topological polar surface area (TPSA) is 82.7 Å². The minimum atomic E-state index is 0. The summed E-state index contributed by atoms with van der Waals surface area (Å²) in [6, 6.07) is 11.5. The molecule has 27 heavy (non-hydrogen) atoms. The molecule has 1 atom stereocenters. The van der Waals surface area contributed by atoms with Crippen molar-refractivity contribution >= 4 is 35.0 Å². The number of aromatic nitrogens is 3. The number of carbonyl (C=O) groups excluding carboxylic acids is 1. The van der Waals surface area contributed by atoms with E-state index in [4.69, 9.17) is 0 Å². The number of carbonyl (C=O) groups is 1. The number of hydrogen-bond acceptors (Lipinski definition) is 4. The van der Waals surface area contributed by atoms with Crippen LogP contribution in [0.2, 0.25) is 0 Å². The molecule has 3 N–H and O–H groups in total. The highest BCUT2D eigenvalue weighted by Crippen LogP contribution is 2.58. The van der Waals surface area contributed by atoms with E-state index in [1.807, 2.05) is 36.4 Å². The molecular formula is C20H22ClN5O. The highest BCUT2D eigenvalue weighted by atomic mass is 35.5. The summed E-state index contributed by atoms with van der Waals surface area (Å²) in [5, 5.41) is 6.47. The molecule has 0 bridgehead atoms. The maximum Gasteiger partial charge on any atom is 0.228 e. The molecule has 5 rings (SSSR count). The van der Waals surface area contributed by atoms with E-state index < -0.39 is 0 Å². The molecule has 6 nitrogen and oxygen atoms in total. The van der Waals surface area contributed by atoms with Gasteiger partial charge >= 0.3 is 0 Å². The third-order valence-corrected chi connectivity index (χ3v) is 5.76. The number of pyridine rings is 1. The van der Waals surface area contributed by atoms with Crippen molar-refractivity contribution in [2.75, 3.05) is 18.4 Å². The molecule has 1 aliphatic carbocycles. The second kappa shape index (κ2) is 6.94. The first-order chi connectivity index (χ1) is 12.7. The lowest BCUT2D eigenvalue weighted by Gasteiger charge is -2.23. The lowest BCUT2D eigenvalue weighted by atomic mass is 9.92. The number of H-pyrrole nitrogens is 1. The lowest BCUT2D eigenvalue weighted by Crippen LogP contribution is -2.31. The number of hydrogen-bond donors (Lipinski definition) is 3. The number of piperidine rings is 1. The van der Waals surface area contributed by atoms with Crippen molar-refractivity contribution in [3.8, 4) is 11.5 Å². The van der Waals surface area contributed by atoms with Crippen LogP contribution in [0.1, 0.15) is 19.3 Å². The van der Waals surface area contributed by atoms with Crippen molar-refractivity contribution in [2.45, 2.75) is 19.3 Å². The second-order valence-corrected chi connectivity index (χ2v) is 7.39. The number of nitrogens with zero attached hydrogens (tertiary/aromatic N) is 2. The molecular weight excluding hydrogens is 362 g/mol. The monoisotopic (exact) mass is 383 g/mol. The maximum atomic E-state index is 12.6. The van der Waals surface area contributed by atoms with Gasteiger partial charge in [-0.1, -0.05) is 6.07 Å². The third-order valence-electron chi connectivity index (χ3n) is 5.76. The molecule has 0 radical (unpaired) electrons. The molecule has 1 amide bonds. The van der Waals surface area contributed by atoms with E-state index in [2.05, 4.69) is 25.6 Å². The zero-order chi connectivity index (χ0) is 17.6. The van der Waals surface area contributed by atoms with E-state index in [0.29, 0.717) is 0 Å². The second-order valence-electron chi connectivity index (χ2n) is 7.39. The largest absolute Gasteiger partial charge is 0.337 e. The van der Waals surface area contributed by atoms with E-state index in [1.54, 1.807) is 6.20 Å². The Labute approximate surface area is 163 Å². The molecule has 2 aliphatic rings. The van der Waals surface area contributed by atoms with Crippen molar-refractivity contribution < 1.29 is 4.79 Å². The first-order valence-electron chi connectivity index (χ1n) is 9.16. The predicted molar refractivity (Wildman–Crippen MR) is 108 cm³/mol. The van der Waals surface area contributed by atoms with E-state index in [1.165, 1.54) is 0 Å². The van der Waals surface area contributed by atoms with Crippen LogP contribution in [-0.2, 0) is 4.79 Å². The summed E-state index contributed by atoms with van der Waals surface area (Å²) >= 11 is 0. The molecule has 2 aromatic heterocycles. The molecule has 2 fully saturated rings. The van der Waals surface area contributed by atoms with Gasteiger partial charge in [-0.25, -0.2) is 4.98 Å². The number of aromatic amines is 1. The Morgan fingerprint density at radius 2 is 2.04 bits per heavy atom. The molecule has 1 aromatic carbocycles. The van der Waals surface area contributed by atoms with Gasteiger partial charge in [0.15, 0.2) is 5.82 Å². The quantitative estimate of drug-likeness (QED) is 0.647. The van der Waals surface area contributed by atoms with Crippen LogP contribution in [-0.4, -0.2) is 33.9 Å². The number of fused-ring (bicyclic) bond motifs is 1. The van der Waals surface area contributed by atoms with Crippen molar-refractivity contribution in [3.05, 3.63) is 42.6 Å². The Kier molecular flexibility index (Phi) is 4.61. The summed E-state index contributed by atoms with van der Waals surface area (Å²) in [6.45, 7) is 2.06. The van der Waals surface area contributed by atoms with Gasteiger partial charge < -0.3 is 15.6 Å². The fourth-order valence-corrected chi connectivity index (χ4v) is 4.14. The van der Waals surface area contributed by atoms with Gasteiger partial charge in [-0.15, -0.1) is 12.4 Å². The minimum Gasteiger partial charge on any atom is -0.337 e. The van der Waals surface area contributed by atoms with Gasteiger partial charge in [0.2, 0.25) is 5.91 Å². The first-order valence-corrected chi connectivity index (χ1v) is 9.16. The van der Waals surface area contributed by atoms with Crippen molar-refractivity contribution in [1.82, 2.24) is 20.3 Å². The smallest absolute Gasteiger partial charge is 0.228 e. The summed E-state index contributed by atoms with van der Waals surface area (Å²) in [7, 11) is 0. The molecule has 3 heterocycles. The molecule has 1 saturated carbocycles. The number of rotatable bonds is 3. The average Bonchev–Trinajstić information content (AvgIpc) is 3.19. The normalized spacial score (nSPS) is 20.2. The van der Waals surface area contributed by atoms with Crippen LogP contribution < -0.4 is 10.6 Å². The number of benzene rings is 1. The van der Waals surface area contributed by atoms with Gasteiger partial charge in [0.25, 0.3) is 0 Å². The van der Waals surface area contributed by atoms with Gasteiger partial charge in [0.1, 0.15) is 5.69 Å². The van der Waals surface area contributed by atoms with Gasteiger partial charge in [-0.2, -0.15) is 0 Å². The SMILES string of the molecule is Cl.O=C(Nc1ccc2nc(-c3ccccn3)[nH]c2c1)C1CC12CCNCC2. The van der Waals surface area contributed by atoms with Crippen LogP contribution in [0.15, 0.2) is 42.6 Å². The number of amides is 1. The van der Waals surface area contributed by atoms with E-state index in [-0.39, 0.29) is 29.6 Å². The van der Waals surface area contributed by atoms with Crippen molar-refractivity contribution in [1.29, 1.82) is 0 Å². The van der Waals surface area contributed by atoms with Crippen LogP contribution in [0.25, 0.3) is 22.6 Å². The number of imidazole rings is 1. The van der Waals surface area contributed by atoms with E-state index in [0.717, 1.165) is 60.6 Å². The van der Waals surface area contributed by atoms with E-state index in [9.17, 15) is 4.79 Å². The number of halogens is 1. The molecule has 1 spiro atoms. The fourth-order valence-electron chi connectivity index (χ4n) is 4.14. The Balaban J connectivity index is 0.00000180. The Morgan fingerprint density at radius 3 is 2.81 bits per heavy atom. The summed E-state index contributed by atoms with van der Waals surface area (Å²) in [5.41, 5.74) is 3.63. The summed E-state index contributed by atoms with van der Waals surface area (Å²) in [6.07, 6.45) is 4.99. The Hall–Kier alpha value is -2.44. The van der Waals surface area contributed by atoms with Crippen molar-refractivity contribution in [2.24, 2.45) is 11.3 Å². The molecule has 1 unspecified atom stereocenters. The van der Waals surface area contributed by atoms with Gasteiger partial charge in [0.05, 0.1) is 11.0 Å². The highest BCUT2D eigenvalue weighted by Gasteiger charge is 2.57. The Morgan fingerprint density at radius 1 is 1.19 bits per heavy atom. The number of anilines is 1. The zero-order valence-corrected chi connectivity index (χ0v) is 15.7. The van der Waals surface area contributed by atoms with Crippen LogP contribution >= 0.6 is 12.4 Å². The highest BCUT2D eigenvalue weighted by molar-refractivity contribution is 5.96. The minimum absolute atomic E-state index is 0. The number of nitrogens with one attached hydrogen (secondary N) is 3. The van der Waals surface area contributed by atoms with Crippen LogP contribution in [0.3, 0.4) is 0 Å².